The fourth-order valence-corrected chi connectivity index (χ4v) is 2.93. The molecule has 1 aromatic heterocycles. The maximum absolute atomic E-state index is 13.3. The summed E-state index contributed by atoms with van der Waals surface area (Å²) in [6.07, 6.45) is 0.952. The van der Waals surface area contributed by atoms with Crippen LogP contribution in [0.15, 0.2) is 34.6 Å². The van der Waals surface area contributed by atoms with Crippen molar-refractivity contribution in [3.05, 3.63) is 51.7 Å². The third-order valence-electron chi connectivity index (χ3n) is 3.30. The van der Waals surface area contributed by atoms with Crippen LogP contribution in [0.4, 0.5) is 4.39 Å². The Morgan fingerprint density at radius 2 is 2.22 bits per heavy atom. The van der Waals surface area contributed by atoms with E-state index in [0.29, 0.717) is 13.1 Å². The summed E-state index contributed by atoms with van der Waals surface area (Å²) in [4.78, 5) is 11.2. The topological polar surface area (TPSA) is 40.5 Å². The molecular formula is C17H23FN4S. The molecule has 2 rings (SSSR count). The largest absolute Gasteiger partial charge is 0.357 e. The van der Waals surface area contributed by atoms with Crippen LogP contribution in [0.3, 0.4) is 0 Å². The van der Waals surface area contributed by atoms with E-state index in [1.54, 1.807) is 23.5 Å². The first-order valence-electron chi connectivity index (χ1n) is 7.79. The number of hydrogen-bond donors (Lipinski definition) is 1. The van der Waals surface area contributed by atoms with Crippen molar-refractivity contribution in [3.63, 3.8) is 0 Å². The summed E-state index contributed by atoms with van der Waals surface area (Å²) in [5.74, 6) is 0.579. The van der Waals surface area contributed by atoms with E-state index in [1.807, 2.05) is 24.9 Å². The molecule has 0 spiro atoms. The molecule has 1 N–H and O–H groups in total. The normalized spacial score (nSPS) is 11.6. The lowest BCUT2D eigenvalue weighted by Gasteiger charge is -2.22. The summed E-state index contributed by atoms with van der Waals surface area (Å²) in [6.45, 7) is 6.06. The van der Waals surface area contributed by atoms with Gasteiger partial charge in [0.05, 0.1) is 17.2 Å². The molecule has 0 amide bonds. The lowest BCUT2D eigenvalue weighted by molar-refractivity contribution is 0.474. The summed E-state index contributed by atoms with van der Waals surface area (Å²) in [6, 6.07) is 6.64. The smallest absolute Gasteiger partial charge is 0.194 e. The quantitative estimate of drug-likeness (QED) is 0.650. The number of rotatable bonds is 6. The van der Waals surface area contributed by atoms with E-state index >= 15 is 0 Å². The fraction of sp³-hybridized carbons (Fsp3) is 0.412. The molecule has 0 saturated heterocycles. The summed E-state index contributed by atoms with van der Waals surface area (Å²) >= 11 is 1.67. The maximum atomic E-state index is 13.3. The van der Waals surface area contributed by atoms with Gasteiger partial charge >= 0.3 is 0 Å². The van der Waals surface area contributed by atoms with Gasteiger partial charge in [-0.1, -0.05) is 19.1 Å². The molecule has 6 heteroatoms. The Kier molecular flexibility index (Phi) is 6.52. The predicted octanol–water partition coefficient (Wildman–Crippen LogP) is 3.44. The van der Waals surface area contributed by atoms with Crippen LogP contribution in [0.1, 0.15) is 30.1 Å². The van der Waals surface area contributed by atoms with Crippen LogP contribution in [-0.4, -0.2) is 29.4 Å². The number of nitrogens with zero attached hydrogens (tertiary/aromatic N) is 3. The summed E-state index contributed by atoms with van der Waals surface area (Å²) in [7, 11) is 1.95. The van der Waals surface area contributed by atoms with Crippen molar-refractivity contribution in [2.24, 2.45) is 4.99 Å². The van der Waals surface area contributed by atoms with Crippen LogP contribution in [0.25, 0.3) is 0 Å². The first kappa shape index (κ1) is 17.4. The summed E-state index contributed by atoms with van der Waals surface area (Å²) < 4.78 is 13.3. The molecule has 2 aromatic rings. The molecule has 1 aromatic carbocycles. The SMILES string of the molecule is CCNC(=NCc1csc(CC)n1)N(C)Cc1cccc(F)c1. The van der Waals surface area contributed by atoms with E-state index in [2.05, 4.69) is 27.6 Å². The van der Waals surface area contributed by atoms with Crippen molar-refractivity contribution >= 4 is 17.3 Å². The van der Waals surface area contributed by atoms with Crippen LogP contribution in [0, 0.1) is 5.82 Å². The van der Waals surface area contributed by atoms with Crippen LogP contribution in [0.2, 0.25) is 0 Å². The molecule has 1 heterocycles. The fourth-order valence-electron chi connectivity index (χ4n) is 2.19. The maximum Gasteiger partial charge on any atom is 0.194 e. The molecule has 0 unspecified atom stereocenters. The van der Waals surface area contributed by atoms with Gasteiger partial charge in [0.25, 0.3) is 0 Å². The Labute approximate surface area is 141 Å². The average molecular weight is 334 g/mol. The highest BCUT2D eigenvalue weighted by molar-refractivity contribution is 7.09. The number of benzene rings is 1. The highest BCUT2D eigenvalue weighted by atomic mass is 32.1. The van der Waals surface area contributed by atoms with E-state index in [9.17, 15) is 4.39 Å². The van der Waals surface area contributed by atoms with E-state index < -0.39 is 0 Å². The van der Waals surface area contributed by atoms with Crippen molar-refractivity contribution in [1.29, 1.82) is 0 Å². The monoisotopic (exact) mass is 334 g/mol. The van der Waals surface area contributed by atoms with Crippen LogP contribution in [-0.2, 0) is 19.5 Å². The van der Waals surface area contributed by atoms with Gasteiger partial charge in [-0.15, -0.1) is 11.3 Å². The van der Waals surface area contributed by atoms with Gasteiger partial charge < -0.3 is 10.2 Å². The Balaban J connectivity index is 2.04. The van der Waals surface area contributed by atoms with Gasteiger partial charge in [-0.05, 0) is 31.0 Å². The van der Waals surface area contributed by atoms with Gasteiger partial charge in [-0.2, -0.15) is 0 Å². The van der Waals surface area contributed by atoms with Gasteiger partial charge in [0.2, 0.25) is 0 Å². The Morgan fingerprint density at radius 1 is 1.39 bits per heavy atom. The zero-order valence-corrected chi connectivity index (χ0v) is 14.7. The molecule has 23 heavy (non-hydrogen) atoms. The van der Waals surface area contributed by atoms with Crippen LogP contribution in [0.5, 0.6) is 0 Å². The van der Waals surface area contributed by atoms with Crippen molar-refractivity contribution in [3.8, 4) is 0 Å². The molecule has 124 valence electrons. The minimum absolute atomic E-state index is 0.215. The number of nitrogens with one attached hydrogen (secondary N) is 1. The van der Waals surface area contributed by atoms with Gasteiger partial charge in [0.1, 0.15) is 5.82 Å². The Morgan fingerprint density at radius 3 is 2.87 bits per heavy atom. The molecular weight excluding hydrogens is 311 g/mol. The van der Waals surface area contributed by atoms with E-state index in [-0.39, 0.29) is 5.82 Å². The van der Waals surface area contributed by atoms with Crippen LogP contribution < -0.4 is 5.32 Å². The molecule has 0 aliphatic carbocycles. The van der Waals surface area contributed by atoms with Crippen molar-refractivity contribution in [1.82, 2.24) is 15.2 Å². The van der Waals surface area contributed by atoms with Crippen molar-refractivity contribution in [2.45, 2.75) is 33.4 Å². The predicted molar refractivity (Wildman–Crippen MR) is 94.2 cm³/mol. The zero-order valence-electron chi connectivity index (χ0n) is 13.8. The second kappa shape index (κ2) is 8.62. The van der Waals surface area contributed by atoms with E-state index in [0.717, 1.165) is 35.2 Å². The minimum Gasteiger partial charge on any atom is -0.357 e. The molecule has 0 atom stereocenters. The highest BCUT2D eigenvalue weighted by Crippen LogP contribution is 2.11. The first-order chi connectivity index (χ1) is 11.1. The molecule has 0 aliphatic heterocycles. The lowest BCUT2D eigenvalue weighted by atomic mass is 10.2. The number of aromatic nitrogens is 1. The van der Waals surface area contributed by atoms with E-state index in [1.165, 1.54) is 6.07 Å². The summed E-state index contributed by atoms with van der Waals surface area (Å²) in [5, 5.41) is 6.45. The van der Waals surface area contributed by atoms with Gasteiger partial charge in [0.15, 0.2) is 5.96 Å². The molecule has 0 radical (unpaired) electrons. The number of halogens is 1. The number of hydrogen-bond acceptors (Lipinski definition) is 3. The minimum atomic E-state index is -0.215. The van der Waals surface area contributed by atoms with E-state index in [4.69, 9.17) is 0 Å². The molecule has 0 bridgehead atoms. The average Bonchev–Trinajstić information content (AvgIpc) is 2.99. The van der Waals surface area contributed by atoms with Crippen molar-refractivity contribution < 1.29 is 4.39 Å². The van der Waals surface area contributed by atoms with Gasteiger partial charge in [-0.3, -0.25) is 0 Å². The molecule has 0 fully saturated rings. The number of aryl methyl sites for hydroxylation is 1. The molecule has 4 nitrogen and oxygen atoms in total. The second-order valence-electron chi connectivity index (χ2n) is 5.24. The lowest BCUT2D eigenvalue weighted by Crippen LogP contribution is -2.38. The van der Waals surface area contributed by atoms with Crippen LogP contribution >= 0.6 is 11.3 Å². The Bertz CT molecular complexity index is 654. The van der Waals surface area contributed by atoms with Gasteiger partial charge in [-0.25, -0.2) is 14.4 Å². The number of aliphatic imine (C=N–C) groups is 1. The highest BCUT2D eigenvalue weighted by Gasteiger charge is 2.08. The third kappa shape index (κ3) is 5.32. The first-order valence-corrected chi connectivity index (χ1v) is 8.67. The standard InChI is InChI=1S/C17H23FN4S/c1-4-16-21-15(12-23-16)10-20-17(19-5-2)22(3)11-13-7-6-8-14(18)9-13/h6-9,12H,4-5,10-11H2,1-3H3,(H,19,20). The summed E-state index contributed by atoms with van der Waals surface area (Å²) in [5.41, 5.74) is 1.90. The Hall–Kier alpha value is -1.95. The molecule has 0 aliphatic rings. The van der Waals surface area contributed by atoms with Gasteiger partial charge in [0, 0.05) is 25.5 Å². The van der Waals surface area contributed by atoms with Crippen molar-refractivity contribution in [2.75, 3.05) is 13.6 Å². The molecule has 0 saturated carbocycles. The second-order valence-corrected chi connectivity index (χ2v) is 6.18. The third-order valence-corrected chi connectivity index (χ3v) is 4.34. The number of guanidine groups is 1. The zero-order chi connectivity index (χ0) is 16.7. The number of thiazole rings is 1.